The van der Waals surface area contributed by atoms with Crippen LogP contribution in [0.5, 0.6) is 0 Å². The van der Waals surface area contributed by atoms with Crippen molar-refractivity contribution in [2.45, 2.75) is 347 Å². The van der Waals surface area contributed by atoms with Crippen molar-refractivity contribution < 1.29 is 75.8 Å². The maximum atomic E-state index is 13.0. The molecular weight excluding hydrogens is 1410 g/mol. The Kier molecular flexibility index (Phi) is 78.5. The minimum atomic E-state index is -4.95. The molecule has 5 atom stereocenters. The molecule has 0 aromatic heterocycles. The number of aliphatic hydroxyl groups is 2. The Balaban J connectivity index is 4.48. The monoisotopic (exact) mass is 1560 g/mol. The summed E-state index contributed by atoms with van der Waals surface area (Å²) in [5.74, 6) is -1.61. The molecule has 0 rings (SSSR count). The van der Waals surface area contributed by atoms with Gasteiger partial charge in [0.05, 0.1) is 26.4 Å². The second-order valence-electron chi connectivity index (χ2n) is 27.8. The van der Waals surface area contributed by atoms with E-state index >= 15 is 0 Å². The molecule has 0 heterocycles. The minimum absolute atomic E-state index is 0.0842. The molecule has 0 bridgehead atoms. The molecule has 5 unspecified atom stereocenters. The van der Waals surface area contributed by atoms with Gasteiger partial charge in [-0.25, -0.2) is 9.13 Å². The molecule has 0 aromatic carbocycles. The van der Waals surface area contributed by atoms with E-state index in [-0.39, 0.29) is 19.3 Å². The number of esters is 3. The zero-order valence-corrected chi connectivity index (χ0v) is 70.0. The largest absolute Gasteiger partial charge is 0.472 e. The van der Waals surface area contributed by atoms with Crippen molar-refractivity contribution >= 4 is 33.6 Å². The molecule has 0 aromatic rings. The zero-order valence-electron chi connectivity index (χ0n) is 68.2. The molecule has 0 fully saturated rings. The van der Waals surface area contributed by atoms with Gasteiger partial charge in [0.15, 0.2) is 6.10 Å². The van der Waals surface area contributed by atoms with Gasteiger partial charge in [-0.05, 0) is 148 Å². The number of ether oxygens (including phenoxy) is 3. The summed E-state index contributed by atoms with van der Waals surface area (Å²) >= 11 is 0. The molecule has 18 heteroatoms. The molecule has 0 amide bonds. The lowest BCUT2D eigenvalue weighted by Gasteiger charge is -2.21. The lowest BCUT2D eigenvalue weighted by Crippen LogP contribution is -2.30. The van der Waals surface area contributed by atoms with Gasteiger partial charge >= 0.3 is 33.6 Å². The highest BCUT2D eigenvalue weighted by Crippen LogP contribution is 2.45. The van der Waals surface area contributed by atoms with Crippen LogP contribution in [0.1, 0.15) is 329 Å². The summed E-state index contributed by atoms with van der Waals surface area (Å²) in [4.78, 5) is 58.8. The van der Waals surface area contributed by atoms with Crippen LogP contribution in [0.4, 0.5) is 0 Å². The second kappa shape index (κ2) is 82.4. The SMILES string of the molecule is CC/C=C\C/C=C\C/C=C\C/C=C\C/C=C\C/C=C\CCCCCCCCCCCCCCCCCCC(=O)OCC(O)COP(=O)(O)OCC(O)COP(=O)(O)OCC(COC(=O)CCCCCCC/C=C\C/C=C\C/C=C\C/C=C\C/C=C\CC)OC(=O)CCCCCCCCC/C=C\C/C=C\C/C=C\CC. The van der Waals surface area contributed by atoms with E-state index in [1.165, 1.54) is 83.5 Å². The third-order valence-corrected chi connectivity index (χ3v) is 19.3. The molecule has 0 saturated heterocycles. The van der Waals surface area contributed by atoms with Gasteiger partial charge in [-0.15, -0.1) is 0 Å². The Hall–Kier alpha value is -5.09. The Bertz CT molecular complexity index is 2660. The predicted octanol–water partition coefficient (Wildman–Crippen LogP) is 25.5. The second-order valence-corrected chi connectivity index (χ2v) is 30.7. The third kappa shape index (κ3) is 83.7. The van der Waals surface area contributed by atoms with Gasteiger partial charge in [0.25, 0.3) is 0 Å². The van der Waals surface area contributed by atoms with E-state index in [1.54, 1.807) is 0 Å². The lowest BCUT2D eigenvalue weighted by atomic mass is 10.0. The summed E-state index contributed by atoms with van der Waals surface area (Å²) in [6, 6.07) is 0. The fraction of sp³-hybridized carbons (Fsp3) is 0.659. The number of carbonyl (C=O) groups excluding carboxylic acids is 3. The van der Waals surface area contributed by atoms with Crippen LogP contribution in [-0.2, 0) is 55.8 Å². The van der Waals surface area contributed by atoms with Crippen LogP contribution in [0, 0.1) is 0 Å². The first kappa shape index (κ1) is 104. The number of unbranched alkanes of at least 4 members (excludes halogenated alkanes) is 28. The van der Waals surface area contributed by atoms with Gasteiger partial charge in [-0.1, -0.05) is 332 Å². The molecule has 0 radical (unpaired) electrons. The standard InChI is InChI=1S/C91H152O16P2/c1-4-7-10-13-16-19-22-25-28-31-33-35-36-37-38-39-40-41-42-43-44-45-46-47-48-50-52-54-56-59-62-65-68-71-74-77-89(94)101-80-86(92)81-103-108(97,98)104-82-87(93)83-105-109(99,100)106-85-88(107-91(96)79-76-73-70-67-64-61-58-53-30-27-24-21-18-15-12-9-6-3)84-102-90(95)78-75-72-69-66-63-60-57-55-51-49-34-32-29-26-23-20-17-14-11-8-5-2/h7-12,16-21,25-30,33-35,37-38,40-41,49,55,57,86-88,92-93H,4-6,13-15,22-24,31-32,36,39,42-48,50-54,56,58-85H2,1-3H3,(H,97,98)(H,99,100)/b10-7-,11-8-,12-9-,19-16-,20-17-,21-18-,28-25-,29-26-,30-27-,35-33-,38-37-,41-40-,49-34-,57-55-. The predicted molar refractivity (Wildman–Crippen MR) is 454 cm³/mol. The van der Waals surface area contributed by atoms with Crippen molar-refractivity contribution in [3.05, 3.63) is 170 Å². The number of rotatable bonds is 79. The highest BCUT2D eigenvalue weighted by atomic mass is 31.2. The molecule has 622 valence electrons. The van der Waals surface area contributed by atoms with Gasteiger partial charge in [0.1, 0.15) is 25.4 Å². The van der Waals surface area contributed by atoms with E-state index in [1.807, 2.05) is 0 Å². The van der Waals surface area contributed by atoms with Crippen molar-refractivity contribution in [1.29, 1.82) is 0 Å². The summed E-state index contributed by atoms with van der Waals surface area (Å²) in [6.07, 6.45) is 106. The summed E-state index contributed by atoms with van der Waals surface area (Å²) in [5, 5.41) is 20.7. The van der Waals surface area contributed by atoms with Crippen LogP contribution in [0.15, 0.2) is 170 Å². The van der Waals surface area contributed by atoms with Crippen molar-refractivity contribution in [2.75, 3.05) is 39.6 Å². The Morgan fingerprint density at radius 2 is 0.459 bits per heavy atom. The molecular formula is C91H152O16P2. The van der Waals surface area contributed by atoms with Crippen LogP contribution in [-0.4, -0.2) is 95.9 Å². The summed E-state index contributed by atoms with van der Waals surface area (Å²) in [7, 11) is -9.81. The normalized spacial score (nSPS) is 14.7. The van der Waals surface area contributed by atoms with E-state index in [2.05, 4.69) is 191 Å². The van der Waals surface area contributed by atoms with E-state index < -0.39 is 91.5 Å². The minimum Gasteiger partial charge on any atom is -0.463 e. The van der Waals surface area contributed by atoms with E-state index in [0.717, 1.165) is 186 Å². The molecule has 109 heavy (non-hydrogen) atoms. The highest BCUT2D eigenvalue weighted by Gasteiger charge is 2.29. The number of aliphatic hydroxyl groups excluding tert-OH is 2. The first-order chi connectivity index (χ1) is 53.2. The van der Waals surface area contributed by atoms with Gasteiger partial charge in [0, 0.05) is 19.3 Å². The van der Waals surface area contributed by atoms with Crippen molar-refractivity contribution in [1.82, 2.24) is 0 Å². The molecule has 4 N–H and O–H groups in total. The van der Waals surface area contributed by atoms with Gasteiger partial charge in [0.2, 0.25) is 0 Å². The van der Waals surface area contributed by atoms with Crippen LogP contribution in [0.2, 0.25) is 0 Å². The average molecular weight is 1560 g/mol. The molecule has 0 aliphatic rings. The average Bonchev–Trinajstić information content (AvgIpc) is 0.912. The quantitative estimate of drug-likeness (QED) is 0.0146. The summed E-state index contributed by atoms with van der Waals surface area (Å²) in [6.45, 7) is 2.32. The fourth-order valence-electron chi connectivity index (χ4n) is 11.1. The molecule has 0 spiro atoms. The summed E-state index contributed by atoms with van der Waals surface area (Å²) < 4.78 is 61.2. The maximum absolute atomic E-state index is 13.0. The Morgan fingerprint density at radius 1 is 0.257 bits per heavy atom. The Labute approximate surface area is 662 Å². The lowest BCUT2D eigenvalue weighted by molar-refractivity contribution is -0.161. The van der Waals surface area contributed by atoms with Gasteiger partial charge in [-0.3, -0.25) is 32.5 Å². The third-order valence-electron chi connectivity index (χ3n) is 17.4. The first-order valence-electron chi connectivity index (χ1n) is 42.4. The molecule has 16 nitrogen and oxygen atoms in total. The summed E-state index contributed by atoms with van der Waals surface area (Å²) in [5.41, 5.74) is 0. The van der Waals surface area contributed by atoms with Gasteiger partial charge in [-0.2, -0.15) is 0 Å². The number of allylic oxidation sites excluding steroid dienone is 28. The highest BCUT2D eigenvalue weighted by molar-refractivity contribution is 7.47. The van der Waals surface area contributed by atoms with Crippen LogP contribution in [0.3, 0.4) is 0 Å². The van der Waals surface area contributed by atoms with E-state index in [9.17, 15) is 43.5 Å². The van der Waals surface area contributed by atoms with Crippen LogP contribution >= 0.6 is 15.6 Å². The fourth-order valence-corrected chi connectivity index (χ4v) is 12.7. The molecule has 0 saturated carbocycles. The van der Waals surface area contributed by atoms with Gasteiger partial charge < -0.3 is 34.2 Å². The maximum Gasteiger partial charge on any atom is 0.472 e. The number of hydrogen-bond acceptors (Lipinski definition) is 14. The number of phosphoric acid groups is 2. The van der Waals surface area contributed by atoms with E-state index in [4.69, 9.17) is 32.3 Å². The number of hydrogen-bond donors (Lipinski definition) is 4. The van der Waals surface area contributed by atoms with E-state index in [0.29, 0.717) is 19.3 Å². The number of phosphoric ester groups is 2. The van der Waals surface area contributed by atoms with Crippen LogP contribution in [0.25, 0.3) is 0 Å². The van der Waals surface area contributed by atoms with Crippen molar-refractivity contribution in [3.8, 4) is 0 Å². The van der Waals surface area contributed by atoms with Crippen molar-refractivity contribution in [2.24, 2.45) is 0 Å². The first-order valence-corrected chi connectivity index (χ1v) is 45.4. The molecule has 0 aliphatic heterocycles. The Morgan fingerprint density at radius 3 is 0.725 bits per heavy atom. The zero-order chi connectivity index (χ0) is 79.4. The van der Waals surface area contributed by atoms with Crippen LogP contribution < -0.4 is 0 Å². The molecule has 0 aliphatic carbocycles. The topological polar surface area (TPSA) is 231 Å². The van der Waals surface area contributed by atoms with Crippen molar-refractivity contribution in [3.63, 3.8) is 0 Å². The smallest absolute Gasteiger partial charge is 0.463 e. The number of carbonyl (C=O) groups is 3.